The topological polar surface area (TPSA) is 115 Å². The van der Waals surface area contributed by atoms with Crippen molar-refractivity contribution >= 4 is 23.5 Å². The molecule has 0 heterocycles. The number of hydrogen-bond donors (Lipinski definition) is 4. The van der Waals surface area contributed by atoms with Gasteiger partial charge in [-0.1, -0.05) is 0 Å². The summed E-state index contributed by atoms with van der Waals surface area (Å²) in [6, 6.07) is 0. The van der Waals surface area contributed by atoms with Gasteiger partial charge in [-0.3, -0.25) is 9.59 Å². The molecule has 16 heavy (non-hydrogen) atoms. The summed E-state index contributed by atoms with van der Waals surface area (Å²) in [4.78, 5) is 21.8. The van der Waals surface area contributed by atoms with Crippen molar-refractivity contribution in [3.63, 3.8) is 0 Å². The van der Waals surface area contributed by atoms with Gasteiger partial charge in [0.05, 0.1) is 5.88 Å². The zero-order valence-corrected chi connectivity index (χ0v) is 9.46. The molecular weight excluding hydrogens is 238 g/mol. The van der Waals surface area contributed by atoms with Gasteiger partial charge in [-0.25, -0.2) is 5.73 Å². The van der Waals surface area contributed by atoms with Gasteiger partial charge in [0, 0.05) is 0 Å². The Hall–Kier alpha value is -0.890. The predicted octanol–water partition coefficient (Wildman–Crippen LogP) is -2.74. The van der Waals surface area contributed by atoms with Crippen LogP contribution in [0.15, 0.2) is 0 Å². The van der Waals surface area contributed by atoms with E-state index in [1.807, 2.05) is 0 Å². The Morgan fingerprint density at radius 1 is 1.50 bits per heavy atom. The average Bonchev–Trinajstić information content (AvgIpc) is 2.22. The fraction of sp³-hybridized carbons (Fsp3) is 0.750. The molecule has 0 aliphatic rings. The summed E-state index contributed by atoms with van der Waals surface area (Å²) >= 11 is 5.39. The predicted molar refractivity (Wildman–Crippen MR) is 55.8 cm³/mol. The van der Waals surface area contributed by atoms with E-state index in [0.717, 1.165) is 0 Å². The van der Waals surface area contributed by atoms with Crippen LogP contribution in [-0.4, -0.2) is 54.0 Å². The molecule has 0 fully saturated rings. The lowest BCUT2D eigenvalue weighted by Crippen LogP contribution is -3.15. The highest BCUT2D eigenvalue weighted by Crippen LogP contribution is 1.81. The molecule has 8 heteroatoms. The van der Waals surface area contributed by atoms with E-state index in [4.69, 9.17) is 22.4 Å². The Morgan fingerprint density at radius 3 is 2.56 bits per heavy atom. The number of carboxylic acids is 1. The van der Waals surface area contributed by atoms with Gasteiger partial charge in [0.2, 0.25) is 5.91 Å². The van der Waals surface area contributed by atoms with Crippen LogP contribution in [0.5, 0.6) is 0 Å². The van der Waals surface area contributed by atoms with Crippen LogP contribution in [0.25, 0.3) is 0 Å². The number of carboxylic acid groups (broad SMARTS) is 1. The van der Waals surface area contributed by atoms with Gasteiger partial charge in [0.25, 0.3) is 0 Å². The largest absolute Gasteiger partial charge is 0.481 e. The third kappa shape index (κ3) is 7.41. The number of quaternary nitrogens is 1. The molecule has 0 saturated carbocycles. The molecule has 0 saturated heterocycles. The lowest BCUT2D eigenvalue weighted by Gasteiger charge is -2.19. The maximum Gasteiger partial charge on any atom is 0.312 e. The summed E-state index contributed by atoms with van der Waals surface area (Å²) in [7, 11) is 0. The van der Waals surface area contributed by atoms with Gasteiger partial charge in [0.1, 0.15) is 25.7 Å². The van der Waals surface area contributed by atoms with E-state index < -0.39 is 24.4 Å². The molecule has 0 aliphatic carbocycles. The van der Waals surface area contributed by atoms with Crippen LogP contribution in [0.1, 0.15) is 6.42 Å². The first-order valence-corrected chi connectivity index (χ1v) is 5.23. The highest BCUT2D eigenvalue weighted by Gasteiger charge is 2.14. The van der Waals surface area contributed by atoms with Crippen LogP contribution in [0.2, 0.25) is 0 Å². The minimum absolute atomic E-state index is 0.0404. The second kappa shape index (κ2) is 8.28. The van der Waals surface area contributed by atoms with Gasteiger partial charge in [-0.2, -0.15) is 0 Å². The molecule has 2 atom stereocenters. The molecule has 0 aromatic carbocycles. The number of rotatable bonds is 8. The van der Waals surface area contributed by atoms with E-state index in [9.17, 15) is 14.7 Å². The first-order valence-electron chi connectivity index (χ1n) is 4.70. The summed E-state index contributed by atoms with van der Waals surface area (Å²) in [6.07, 6.45) is -1.33. The Balaban J connectivity index is 3.86. The van der Waals surface area contributed by atoms with Gasteiger partial charge in [-0.05, 0) is 0 Å². The van der Waals surface area contributed by atoms with E-state index >= 15 is 0 Å². The smallest absolute Gasteiger partial charge is 0.312 e. The molecule has 1 radical (unpaired) electrons. The van der Waals surface area contributed by atoms with Crippen LogP contribution in [0.4, 0.5) is 0 Å². The number of carbonyl (C=O) groups is 2. The highest BCUT2D eigenvalue weighted by molar-refractivity contribution is 6.18. The quantitative estimate of drug-likeness (QED) is 0.213. The van der Waals surface area contributed by atoms with Gasteiger partial charge in [0.15, 0.2) is 6.67 Å². The molecule has 0 aliphatic heterocycles. The molecule has 0 bridgehead atoms. The minimum atomic E-state index is -1.20. The third-order valence-corrected chi connectivity index (χ3v) is 2.16. The standard InChI is InChI=1S/C8H15ClN3O4/c9-2-6(13)3-12(4-10)5-11-7(14)1-8(15)16/h6,10,13H,1-5H2,(H,11,14)(H,15,16)/p+1. The number of aliphatic hydroxyl groups excluding tert-OH is 1. The van der Waals surface area contributed by atoms with Crippen LogP contribution in [0.3, 0.4) is 0 Å². The number of halogens is 1. The molecule has 2 unspecified atom stereocenters. The van der Waals surface area contributed by atoms with E-state index in [0.29, 0.717) is 4.90 Å². The van der Waals surface area contributed by atoms with Crippen LogP contribution in [-0.2, 0) is 9.59 Å². The van der Waals surface area contributed by atoms with Crippen LogP contribution in [0, 0.1) is 0 Å². The fourth-order valence-corrected chi connectivity index (χ4v) is 1.13. The summed E-state index contributed by atoms with van der Waals surface area (Å²) in [6.45, 7) is 0.297. The molecule has 5 N–H and O–H groups in total. The number of aliphatic hydroxyl groups is 1. The van der Waals surface area contributed by atoms with E-state index in [1.165, 1.54) is 0 Å². The van der Waals surface area contributed by atoms with Crippen molar-refractivity contribution in [2.75, 3.05) is 25.8 Å². The van der Waals surface area contributed by atoms with Gasteiger partial charge >= 0.3 is 5.97 Å². The second-order valence-corrected chi connectivity index (χ2v) is 3.59. The molecule has 0 aromatic heterocycles. The van der Waals surface area contributed by atoms with E-state index in [2.05, 4.69) is 5.32 Å². The van der Waals surface area contributed by atoms with E-state index in [-0.39, 0.29) is 25.8 Å². The number of nitrogens with one attached hydrogen (secondary N) is 3. The molecule has 0 spiro atoms. The highest BCUT2D eigenvalue weighted by atomic mass is 35.5. The molecule has 1 amide bonds. The average molecular weight is 254 g/mol. The second-order valence-electron chi connectivity index (χ2n) is 3.29. The van der Waals surface area contributed by atoms with Crippen molar-refractivity contribution in [3.8, 4) is 0 Å². The maximum atomic E-state index is 11.0. The Bertz CT molecular complexity index is 239. The lowest BCUT2D eigenvalue weighted by molar-refractivity contribution is -0.905. The Morgan fingerprint density at radius 2 is 2.12 bits per heavy atom. The fourth-order valence-electron chi connectivity index (χ4n) is 1.02. The normalized spacial score (nSPS) is 14.2. The number of hydrogen-bond acceptors (Lipinski definition) is 3. The van der Waals surface area contributed by atoms with E-state index in [1.54, 1.807) is 0 Å². The molecule has 0 rings (SSSR count). The Labute approximate surface area is 98.2 Å². The SMILES string of the molecule is [NH]C[NH+](CNC(=O)CC(=O)O)CC(O)CCl. The van der Waals surface area contributed by atoms with Crippen molar-refractivity contribution < 1.29 is 24.7 Å². The third-order valence-electron chi connectivity index (χ3n) is 1.80. The van der Waals surface area contributed by atoms with Crippen molar-refractivity contribution in [3.05, 3.63) is 0 Å². The van der Waals surface area contributed by atoms with Crippen molar-refractivity contribution in [2.24, 2.45) is 0 Å². The van der Waals surface area contributed by atoms with Crippen LogP contribution >= 0.6 is 11.6 Å². The number of amides is 1. The monoisotopic (exact) mass is 253 g/mol. The molecular formula is C8H16ClN3O4+. The summed E-state index contributed by atoms with van der Waals surface area (Å²) in [5, 5.41) is 19.9. The first-order chi connectivity index (χ1) is 7.49. The first kappa shape index (κ1) is 15.1. The zero-order chi connectivity index (χ0) is 12.6. The maximum absolute atomic E-state index is 11.0. The van der Waals surface area contributed by atoms with Crippen molar-refractivity contribution in [1.82, 2.24) is 11.1 Å². The molecule has 0 aromatic rings. The van der Waals surface area contributed by atoms with Crippen molar-refractivity contribution in [1.29, 1.82) is 0 Å². The van der Waals surface area contributed by atoms with Gasteiger partial charge in [-0.15, -0.1) is 11.6 Å². The van der Waals surface area contributed by atoms with Gasteiger partial charge < -0.3 is 20.4 Å². The van der Waals surface area contributed by atoms with Crippen molar-refractivity contribution in [2.45, 2.75) is 12.5 Å². The minimum Gasteiger partial charge on any atom is -0.481 e. The lowest BCUT2D eigenvalue weighted by atomic mass is 10.4. The number of carbonyl (C=O) groups excluding carboxylic acids is 1. The summed E-state index contributed by atoms with van der Waals surface area (Å²) < 4.78 is 0. The molecule has 93 valence electrons. The zero-order valence-electron chi connectivity index (χ0n) is 8.70. The summed E-state index contributed by atoms with van der Waals surface area (Å²) in [5.41, 5.74) is 7.16. The number of alkyl halides is 1. The number of aliphatic carboxylic acids is 1. The molecule has 7 nitrogen and oxygen atoms in total. The van der Waals surface area contributed by atoms with Crippen LogP contribution < -0.4 is 16.0 Å². The summed E-state index contributed by atoms with van der Waals surface area (Å²) in [5.74, 6) is -1.75. The Kier molecular flexibility index (Phi) is 7.82.